The minimum atomic E-state index is -0.508. The third-order valence-corrected chi connectivity index (χ3v) is 2.92. The van der Waals surface area contributed by atoms with Gasteiger partial charge in [0.1, 0.15) is 24.1 Å². The molecule has 0 aromatic heterocycles. The van der Waals surface area contributed by atoms with Gasteiger partial charge in [-0.05, 0) is 29.8 Å². The number of rotatable bonds is 5. The smallest absolute Gasteiger partial charge is 0.316 e. The van der Waals surface area contributed by atoms with Crippen LogP contribution < -0.4 is 4.74 Å². The molecule has 0 fully saturated rings. The first-order valence-corrected chi connectivity index (χ1v) is 6.22. The van der Waals surface area contributed by atoms with Crippen molar-refractivity contribution in [1.29, 1.82) is 0 Å². The predicted molar refractivity (Wildman–Crippen MR) is 73.1 cm³/mol. The molecule has 1 unspecified atom stereocenters. The Morgan fingerprint density at radius 2 is 1.75 bits per heavy atom. The molecular formula is C16H15FO3. The van der Waals surface area contributed by atoms with Gasteiger partial charge in [-0.15, -0.1) is 0 Å². The highest BCUT2D eigenvalue weighted by Gasteiger charge is 2.22. The second kappa shape index (κ2) is 6.70. The van der Waals surface area contributed by atoms with Gasteiger partial charge < -0.3 is 9.47 Å². The van der Waals surface area contributed by atoms with Crippen LogP contribution in [0.2, 0.25) is 0 Å². The number of carbonyl (C=O) groups is 1. The number of hydrogen-bond acceptors (Lipinski definition) is 3. The SMILES string of the molecule is COC(=O)C(COc1ccc(F)cc1)c1ccccc1. The summed E-state index contributed by atoms with van der Waals surface area (Å²) >= 11 is 0. The fourth-order valence-electron chi connectivity index (χ4n) is 1.84. The average Bonchev–Trinajstić information content (AvgIpc) is 2.50. The Labute approximate surface area is 117 Å². The zero-order valence-corrected chi connectivity index (χ0v) is 11.1. The van der Waals surface area contributed by atoms with Crippen molar-refractivity contribution in [2.24, 2.45) is 0 Å². The summed E-state index contributed by atoms with van der Waals surface area (Å²) in [6.07, 6.45) is 0. The van der Waals surface area contributed by atoms with Crippen molar-refractivity contribution in [2.45, 2.75) is 5.92 Å². The molecule has 3 nitrogen and oxygen atoms in total. The van der Waals surface area contributed by atoms with Gasteiger partial charge in [0.25, 0.3) is 0 Å². The highest BCUT2D eigenvalue weighted by atomic mass is 19.1. The van der Waals surface area contributed by atoms with Gasteiger partial charge >= 0.3 is 5.97 Å². The molecule has 20 heavy (non-hydrogen) atoms. The average molecular weight is 274 g/mol. The fraction of sp³-hybridized carbons (Fsp3) is 0.188. The van der Waals surface area contributed by atoms with E-state index in [0.717, 1.165) is 5.56 Å². The summed E-state index contributed by atoms with van der Waals surface area (Å²) in [5, 5.41) is 0. The van der Waals surface area contributed by atoms with E-state index in [-0.39, 0.29) is 18.4 Å². The van der Waals surface area contributed by atoms with Crippen molar-refractivity contribution in [2.75, 3.05) is 13.7 Å². The molecule has 0 saturated carbocycles. The second-order valence-corrected chi connectivity index (χ2v) is 4.25. The Kier molecular flexibility index (Phi) is 4.71. The third kappa shape index (κ3) is 3.57. The molecule has 0 heterocycles. The van der Waals surface area contributed by atoms with Crippen LogP contribution in [0.5, 0.6) is 5.75 Å². The molecule has 0 amide bonds. The lowest BCUT2D eigenvalue weighted by molar-refractivity contribution is -0.143. The maximum absolute atomic E-state index is 12.8. The van der Waals surface area contributed by atoms with E-state index in [2.05, 4.69) is 0 Å². The van der Waals surface area contributed by atoms with Gasteiger partial charge in [-0.3, -0.25) is 4.79 Å². The van der Waals surface area contributed by atoms with Crippen molar-refractivity contribution in [1.82, 2.24) is 0 Å². The minimum absolute atomic E-state index is 0.141. The lowest BCUT2D eigenvalue weighted by Gasteiger charge is -2.16. The summed E-state index contributed by atoms with van der Waals surface area (Å²) in [5.41, 5.74) is 0.821. The highest BCUT2D eigenvalue weighted by molar-refractivity contribution is 5.78. The Morgan fingerprint density at radius 3 is 2.35 bits per heavy atom. The topological polar surface area (TPSA) is 35.5 Å². The summed E-state index contributed by atoms with van der Waals surface area (Å²) < 4.78 is 23.1. The van der Waals surface area contributed by atoms with Gasteiger partial charge in [0.05, 0.1) is 7.11 Å². The quantitative estimate of drug-likeness (QED) is 0.786. The minimum Gasteiger partial charge on any atom is -0.492 e. The third-order valence-electron chi connectivity index (χ3n) is 2.92. The molecule has 2 rings (SSSR count). The Balaban J connectivity index is 2.09. The molecule has 0 spiro atoms. The van der Waals surface area contributed by atoms with Crippen LogP contribution in [-0.4, -0.2) is 19.7 Å². The predicted octanol–water partition coefficient (Wildman–Crippen LogP) is 3.16. The first-order chi connectivity index (χ1) is 9.70. The van der Waals surface area contributed by atoms with E-state index < -0.39 is 5.92 Å². The number of hydrogen-bond donors (Lipinski definition) is 0. The van der Waals surface area contributed by atoms with Crippen LogP contribution in [0, 0.1) is 5.82 Å². The van der Waals surface area contributed by atoms with Crippen molar-refractivity contribution in [3.8, 4) is 5.75 Å². The maximum Gasteiger partial charge on any atom is 0.316 e. The fourth-order valence-corrected chi connectivity index (χ4v) is 1.84. The maximum atomic E-state index is 12.8. The second-order valence-electron chi connectivity index (χ2n) is 4.25. The summed E-state index contributed by atoms with van der Waals surface area (Å²) in [7, 11) is 1.34. The van der Waals surface area contributed by atoms with E-state index >= 15 is 0 Å². The molecule has 0 saturated heterocycles. The lowest BCUT2D eigenvalue weighted by Crippen LogP contribution is -2.21. The van der Waals surface area contributed by atoms with Crippen LogP contribution in [0.3, 0.4) is 0 Å². The summed E-state index contributed by atoms with van der Waals surface area (Å²) in [4.78, 5) is 11.8. The monoisotopic (exact) mass is 274 g/mol. The van der Waals surface area contributed by atoms with Crippen LogP contribution in [0.1, 0.15) is 11.5 Å². The van der Waals surface area contributed by atoms with Crippen LogP contribution in [-0.2, 0) is 9.53 Å². The van der Waals surface area contributed by atoms with Crippen molar-refractivity contribution < 1.29 is 18.7 Å². The van der Waals surface area contributed by atoms with Gasteiger partial charge in [-0.25, -0.2) is 4.39 Å². The van der Waals surface area contributed by atoms with E-state index in [1.807, 2.05) is 30.3 Å². The zero-order valence-electron chi connectivity index (χ0n) is 11.1. The molecule has 104 valence electrons. The first kappa shape index (κ1) is 14.1. The molecular weight excluding hydrogens is 259 g/mol. The number of esters is 1. The van der Waals surface area contributed by atoms with Crippen molar-refractivity contribution >= 4 is 5.97 Å². The molecule has 0 aliphatic rings. The molecule has 0 bridgehead atoms. The van der Waals surface area contributed by atoms with Crippen LogP contribution in [0.15, 0.2) is 54.6 Å². The highest BCUT2D eigenvalue weighted by Crippen LogP contribution is 2.20. The van der Waals surface area contributed by atoms with Crippen molar-refractivity contribution in [3.05, 3.63) is 66.0 Å². The van der Waals surface area contributed by atoms with Gasteiger partial charge in [-0.2, -0.15) is 0 Å². The summed E-state index contributed by atoms with van der Waals surface area (Å²) in [6, 6.07) is 14.9. The zero-order chi connectivity index (χ0) is 14.4. The largest absolute Gasteiger partial charge is 0.492 e. The first-order valence-electron chi connectivity index (χ1n) is 6.22. The standard InChI is InChI=1S/C16H15FO3/c1-19-16(18)15(12-5-3-2-4-6-12)11-20-14-9-7-13(17)8-10-14/h2-10,15H,11H2,1H3. The number of methoxy groups -OCH3 is 1. The molecule has 0 radical (unpaired) electrons. The molecule has 0 N–H and O–H groups in total. The van der Waals surface area contributed by atoms with E-state index in [1.54, 1.807) is 0 Å². The Morgan fingerprint density at radius 1 is 1.10 bits per heavy atom. The summed E-state index contributed by atoms with van der Waals surface area (Å²) in [5.74, 6) is -0.689. The Bertz CT molecular complexity index is 552. The van der Waals surface area contributed by atoms with Gasteiger partial charge in [-0.1, -0.05) is 30.3 Å². The van der Waals surface area contributed by atoms with Crippen LogP contribution in [0.4, 0.5) is 4.39 Å². The van der Waals surface area contributed by atoms with Gasteiger partial charge in [0.15, 0.2) is 0 Å². The molecule has 1 atom stereocenters. The number of ether oxygens (including phenoxy) is 2. The van der Waals surface area contributed by atoms with Crippen LogP contribution in [0.25, 0.3) is 0 Å². The van der Waals surface area contributed by atoms with E-state index in [9.17, 15) is 9.18 Å². The lowest BCUT2D eigenvalue weighted by atomic mass is 10.0. The Hall–Kier alpha value is -2.36. The van der Waals surface area contributed by atoms with E-state index in [1.165, 1.54) is 31.4 Å². The summed E-state index contributed by atoms with van der Waals surface area (Å²) in [6.45, 7) is 0.141. The molecule has 0 aliphatic carbocycles. The number of benzene rings is 2. The van der Waals surface area contributed by atoms with E-state index in [0.29, 0.717) is 5.75 Å². The van der Waals surface area contributed by atoms with Crippen molar-refractivity contribution in [3.63, 3.8) is 0 Å². The van der Waals surface area contributed by atoms with E-state index in [4.69, 9.17) is 9.47 Å². The molecule has 0 aliphatic heterocycles. The number of carbonyl (C=O) groups excluding carboxylic acids is 1. The van der Waals surface area contributed by atoms with Crippen LogP contribution >= 0.6 is 0 Å². The molecule has 2 aromatic carbocycles. The van der Waals surface area contributed by atoms with Gasteiger partial charge in [0.2, 0.25) is 0 Å². The number of halogens is 1. The van der Waals surface area contributed by atoms with Gasteiger partial charge in [0, 0.05) is 0 Å². The normalized spacial score (nSPS) is 11.7. The molecule has 4 heteroatoms. The molecule has 2 aromatic rings.